The lowest BCUT2D eigenvalue weighted by atomic mass is 10.1. The first kappa shape index (κ1) is 13.2. The average molecular weight is 256 g/mol. The molecule has 0 spiro atoms. The van der Waals surface area contributed by atoms with Gasteiger partial charge in [-0.1, -0.05) is 42.5 Å². The third-order valence-electron chi connectivity index (χ3n) is 3.10. The van der Waals surface area contributed by atoms with Crippen LogP contribution in [0.25, 0.3) is 0 Å². The molecule has 19 heavy (non-hydrogen) atoms. The van der Waals surface area contributed by atoms with E-state index in [1.165, 1.54) is 11.6 Å². The first-order valence-electron chi connectivity index (χ1n) is 6.16. The lowest BCUT2D eigenvalue weighted by Crippen LogP contribution is -2.13. The fraction of sp³-hybridized carbons (Fsp3) is 0.200. The van der Waals surface area contributed by atoms with E-state index in [0.29, 0.717) is 6.54 Å². The minimum atomic E-state index is -0.337. The highest BCUT2D eigenvalue weighted by atomic mass is 16.6. The molecule has 0 saturated heterocycles. The van der Waals surface area contributed by atoms with E-state index in [1.807, 2.05) is 36.4 Å². The van der Waals surface area contributed by atoms with E-state index in [2.05, 4.69) is 5.32 Å². The molecule has 0 aromatic heterocycles. The summed E-state index contributed by atoms with van der Waals surface area (Å²) in [6.07, 6.45) is 0. The third-order valence-corrected chi connectivity index (χ3v) is 3.10. The van der Waals surface area contributed by atoms with Crippen LogP contribution in [0, 0.1) is 17.0 Å². The summed E-state index contributed by atoms with van der Waals surface area (Å²) in [7, 11) is 0. The van der Waals surface area contributed by atoms with E-state index in [-0.39, 0.29) is 10.6 Å². The van der Waals surface area contributed by atoms with Gasteiger partial charge in [0, 0.05) is 24.7 Å². The van der Waals surface area contributed by atoms with Crippen LogP contribution < -0.4 is 5.32 Å². The van der Waals surface area contributed by atoms with E-state index in [0.717, 1.165) is 17.7 Å². The Labute approximate surface area is 112 Å². The zero-order chi connectivity index (χ0) is 13.7. The molecule has 0 unspecified atom stereocenters. The number of hydrogen-bond acceptors (Lipinski definition) is 3. The Balaban J connectivity index is 2.00. The largest absolute Gasteiger partial charge is 0.309 e. The van der Waals surface area contributed by atoms with E-state index >= 15 is 0 Å². The maximum absolute atomic E-state index is 10.9. The summed E-state index contributed by atoms with van der Waals surface area (Å²) >= 11 is 0. The number of nitro groups is 1. The Kier molecular flexibility index (Phi) is 4.26. The molecular formula is C15H16N2O2. The molecule has 0 aliphatic rings. The zero-order valence-corrected chi connectivity index (χ0v) is 10.8. The molecule has 0 radical (unpaired) electrons. The van der Waals surface area contributed by atoms with Gasteiger partial charge in [0.2, 0.25) is 0 Å². The van der Waals surface area contributed by atoms with Crippen LogP contribution in [0.4, 0.5) is 5.69 Å². The molecule has 2 aromatic rings. The van der Waals surface area contributed by atoms with E-state index in [9.17, 15) is 10.1 Å². The number of benzene rings is 2. The molecule has 0 amide bonds. The van der Waals surface area contributed by atoms with E-state index in [1.54, 1.807) is 13.0 Å². The molecule has 98 valence electrons. The Bertz CT molecular complexity index is 568. The molecule has 4 nitrogen and oxygen atoms in total. The molecule has 2 rings (SSSR count). The summed E-state index contributed by atoms with van der Waals surface area (Å²) in [5.74, 6) is 0. The van der Waals surface area contributed by atoms with Gasteiger partial charge in [0.05, 0.1) is 4.92 Å². The topological polar surface area (TPSA) is 55.2 Å². The molecule has 0 aliphatic carbocycles. The van der Waals surface area contributed by atoms with E-state index < -0.39 is 0 Å². The second-order valence-electron chi connectivity index (χ2n) is 4.41. The minimum absolute atomic E-state index is 0.180. The monoisotopic (exact) mass is 256 g/mol. The van der Waals surface area contributed by atoms with Gasteiger partial charge >= 0.3 is 0 Å². The average Bonchev–Trinajstić information content (AvgIpc) is 2.41. The zero-order valence-electron chi connectivity index (χ0n) is 10.8. The van der Waals surface area contributed by atoms with Crippen LogP contribution in [0.2, 0.25) is 0 Å². The molecule has 0 saturated carbocycles. The first-order valence-corrected chi connectivity index (χ1v) is 6.16. The predicted molar refractivity (Wildman–Crippen MR) is 74.8 cm³/mol. The van der Waals surface area contributed by atoms with Gasteiger partial charge in [0.15, 0.2) is 0 Å². The van der Waals surface area contributed by atoms with Crippen molar-refractivity contribution in [1.82, 2.24) is 5.32 Å². The SMILES string of the molecule is Cc1c(CNCc2ccccc2)cccc1[N+](=O)[O-]. The quantitative estimate of drug-likeness (QED) is 0.660. The van der Waals surface area contributed by atoms with Crippen LogP contribution in [0.1, 0.15) is 16.7 Å². The number of rotatable bonds is 5. The summed E-state index contributed by atoms with van der Waals surface area (Å²) in [6.45, 7) is 3.17. The summed E-state index contributed by atoms with van der Waals surface area (Å²) in [5.41, 5.74) is 3.07. The summed E-state index contributed by atoms with van der Waals surface area (Å²) in [4.78, 5) is 10.5. The maximum atomic E-state index is 10.9. The van der Waals surface area contributed by atoms with Gasteiger partial charge in [-0.25, -0.2) is 0 Å². The van der Waals surface area contributed by atoms with Crippen molar-refractivity contribution in [2.75, 3.05) is 0 Å². The van der Waals surface area contributed by atoms with Crippen LogP contribution in [0.3, 0.4) is 0 Å². The first-order chi connectivity index (χ1) is 9.18. The van der Waals surface area contributed by atoms with Crippen molar-refractivity contribution in [2.24, 2.45) is 0 Å². The van der Waals surface area contributed by atoms with E-state index in [4.69, 9.17) is 0 Å². The molecule has 0 bridgehead atoms. The highest BCUT2D eigenvalue weighted by Gasteiger charge is 2.12. The fourth-order valence-corrected chi connectivity index (χ4v) is 2.00. The summed E-state index contributed by atoms with van der Waals surface area (Å²) < 4.78 is 0. The second-order valence-corrected chi connectivity index (χ2v) is 4.41. The van der Waals surface area contributed by atoms with Gasteiger partial charge in [-0.15, -0.1) is 0 Å². The molecule has 2 aromatic carbocycles. The van der Waals surface area contributed by atoms with Crippen LogP contribution in [0.5, 0.6) is 0 Å². The van der Waals surface area contributed by atoms with Gasteiger partial charge in [-0.3, -0.25) is 10.1 Å². The van der Waals surface area contributed by atoms with Crippen molar-refractivity contribution in [3.8, 4) is 0 Å². The third kappa shape index (κ3) is 3.39. The molecule has 0 atom stereocenters. The number of nitrogens with one attached hydrogen (secondary N) is 1. The maximum Gasteiger partial charge on any atom is 0.272 e. The lowest BCUT2D eigenvalue weighted by Gasteiger charge is -2.08. The highest BCUT2D eigenvalue weighted by Crippen LogP contribution is 2.20. The van der Waals surface area contributed by atoms with Crippen LogP contribution in [-0.2, 0) is 13.1 Å². The van der Waals surface area contributed by atoms with Gasteiger partial charge in [0.25, 0.3) is 5.69 Å². The van der Waals surface area contributed by atoms with Gasteiger partial charge in [-0.2, -0.15) is 0 Å². The van der Waals surface area contributed by atoms with Crippen molar-refractivity contribution in [3.63, 3.8) is 0 Å². The Morgan fingerprint density at radius 3 is 2.47 bits per heavy atom. The molecular weight excluding hydrogens is 240 g/mol. The van der Waals surface area contributed by atoms with Crippen LogP contribution in [0.15, 0.2) is 48.5 Å². The van der Waals surface area contributed by atoms with Gasteiger partial charge in [0.1, 0.15) is 0 Å². The van der Waals surface area contributed by atoms with Gasteiger partial charge < -0.3 is 5.32 Å². The Hall–Kier alpha value is -2.20. The Morgan fingerprint density at radius 1 is 1.05 bits per heavy atom. The van der Waals surface area contributed by atoms with Crippen molar-refractivity contribution in [3.05, 3.63) is 75.3 Å². The minimum Gasteiger partial charge on any atom is -0.309 e. The highest BCUT2D eigenvalue weighted by molar-refractivity contribution is 5.44. The van der Waals surface area contributed by atoms with Crippen LogP contribution >= 0.6 is 0 Å². The predicted octanol–water partition coefficient (Wildman–Crippen LogP) is 3.19. The van der Waals surface area contributed by atoms with Crippen molar-refractivity contribution in [1.29, 1.82) is 0 Å². The van der Waals surface area contributed by atoms with Gasteiger partial charge in [-0.05, 0) is 18.1 Å². The van der Waals surface area contributed by atoms with Crippen LogP contribution in [-0.4, -0.2) is 4.92 Å². The smallest absolute Gasteiger partial charge is 0.272 e. The molecule has 0 heterocycles. The Morgan fingerprint density at radius 2 is 1.79 bits per heavy atom. The lowest BCUT2D eigenvalue weighted by molar-refractivity contribution is -0.385. The second kappa shape index (κ2) is 6.11. The summed E-state index contributed by atoms with van der Waals surface area (Å²) in [6, 6.07) is 15.3. The number of nitrogens with zero attached hydrogens (tertiary/aromatic N) is 1. The normalized spacial score (nSPS) is 10.4. The van der Waals surface area contributed by atoms with Crippen molar-refractivity contribution < 1.29 is 4.92 Å². The van der Waals surface area contributed by atoms with Crippen molar-refractivity contribution in [2.45, 2.75) is 20.0 Å². The number of nitro benzene ring substituents is 1. The molecule has 0 fully saturated rings. The fourth-order valence-electron chi connectivity index (χ4n) is 2.00. The number of hydrogen-bond donors (Lipinski definition) is 1. The standard InChI is InChI=1S/C15H16N2O2/c1-12-14(8-5-9-15(12)17(18)19)11-16-10-13-6-3-2-4-7-13/h2-9,16H,10-11H2,1H3. The van der Waals surface area contributed by atoms with Crippen molar-refractivity contribution >= 4 is 5.69 Å². The summed E-state index contributed by atoms with van der Waals surface area (Å²) in [5, 5.41) is 14.2. The molecule has 1 N–H and O–H groups in total. The molecule has 0 aliphatic heterocycles. The molecule has 4 heteroatoms.